The van der Waals surface area contributed by atoms with Crippen LogP contribution >= 0.6 is 23.4 Å². The molecular weight excluding hydrogens is 482 g/mol. The Hall–Kier alpha value is -3.62. The molecule has 0 unspecified atom stereocenters. The second-order valence-corrected chi connectivity index (χ2v) is 8.92. The monoisotopic (exact) mass is 505 g/mol. The van der Waals surface area contributed by atoms with Crippen LogP contribution in [0.2, 0.25) is 5.02 Å². The summed E-state index contributed by atoms with van der Waals surface area (Å²) in [6.07, 6.45) is 1.57. The Bertz CT molecular complexity index is 1320. The van der Waals surface area contributed by atoms with Crippen LogP contribution in [0.3, 0.4) is 0 Å². The summed E-state index contributed by atoms with van der Waals surface area (Å²) in [4.78, 5) is 12.5. The topological polar surface area (TPSA) is 81.4 Å². The normalized spacial score (nSPS) is 11.1. The molecule has 35 heavy (non-hydrogen) atoms. The molecule has 1 N–H and O–H groups in total. The number of para-hydroxylation sites is 1. The van der Waals surface area contributed by atoms with Crippen molar-refractivity contribution in [3.8, 4) is 22.8 Å². The quantitative estimate of drug-likeness (QED) is 0.183. The molecule has 9 heteroatoms. The van der Waals surface area contributed by atoms with Gasteiger partial charge < -0.3 is 4.74 Å². The summed E-state index contributed by atoms with van der Waals surface area (Å²) < 4.78 is 7.51. The first-order valence-electron chi connectivity index (χ1n) is 11.0. The highest BCUT2D eigenvalue weighted by Crippen LogP contribution is 2.29. The molecule has 0 atom stereocenters. The van der Waals surface area contributed by atoms with E-state index in [0.29, 0.717) is 28.4 Å². The molecule has 0 aliphatic carbocycles. The van der Waals surface area contributed by atoms with E-state index < -0.39 is 0 Å². The van der Waals surface area contributed by atoms with Crippen molar-refractivity contribution in [3.63, 3.8) is 0 Å². The average molecular weight is 506 g/mol. The Kier molecular flexibility index (Phi) is 8.18. The minimum absolute atomic E-state index is 0.120. The molecule has 0 aliphatic heterocycles. The molecule has 1 amide bonds. The molecule has 1 aromatic heterocycles. The van der Waals surface area contributed by atoms with E-state index in [1.807, 2.05) is 91.2 Å². The highest BCUT2D eigenvalue weighted by atomic mass is 35.5. The van der Waals surface area contributed by atoms with Crippen LogP contribution < -0.4 is 10.2 Å². The molecule has 0 spiro atoms. The van der Waals surface area contributed by atoms with Crippen LogP contribution in [-0.4, -0.2) is 39.2 Å². The van der Waals surface area contributed by atoms with Gasteiger partial charge in [-0.15, -0.1) is 10.2 Å². The summed E-state index contributed by atoms with van der Waals surface area (Å²) >= 11 is 7.34. The molecule has 0 saturated heterocycles. The van der Waals surface area contributed by atoms with Crippen LogP contribution in [0, 0.1) is 6.92 Å². The second kappa shape index (κ2) is 11.7. The van der Waals surface area contributed by atoms with E-state index in [0.717, 1.165) is 22.4 Å². The standard InChI is InChI=1S/C26H24ClN5O2S/c1-3-34-23-7-5-4-6-20(23)16-28-29-24(33)17-35-26-31-30-25(19-10-12-21(27)13-11-19)32(26)22-14-8-18(2)9-15-22/h4-16H,3,17H2,1-2H3,(H,29,33)/b28-16+. The van der Waals surface area contributed by atoms with E-state index in [9.17, 15) is 4.79 Å². The number of benzene rings is 3. The smallest absolute Gasteiger partial charge is 0.250 e. The predicted octanol–water partition coefficient (Wildman–Crippen LogP) is 5.54. The summed E-state index contributed by atoms with van der Waals surface area (Å²) in [5.74, 6) is 1.24. The zero-order valence-electron chi connectivity index (χ0n) is 19.3. The Morgan fingerprint density at radius 1 is 1.09 bits per heavy atom. The highest BCUT2D eigenvalue weighted by Gasteiger charge is 2.17. The second-order valence-electron chi connectivity index (χ2n) is 7.54. The number of aromatic nitrogens is 3. The van der Waals surface area contributed by atoms with E-state index in [-0.39, 0.29) is 11.7 Å². The summed E-state index contributed by atoms with van der Waals surface area (Å²) in [5.41, 5.74) is 6.27. The van der Waals surface area contributed by atoms with Crippen molar-refractivity contribution in [2.45, 2.75) is 19.0 Å². The number of ether oxygens (including phenoxy) is 1. The van der Waals surface area contributed by atoms with E-state index in [2.05, 4.69) is 20.7 Å². The Morgan fingerprint density at radius 3 is 2.57 bits per heavy atom. The molecule has 4 aromatic rings. The number of carbonyl (C=O) groups excluding carboxylic acids is 1. The number of rotatable bonds is 9. The fourth-order valence-corrected chi connectivity index (χ4v) is 4.16. The minimum atomic E-state index is -0.258. The average Bonchev–Trinajstić information content (AvgIpc) is 3.29. The number of nitrogens with one attached hydrogen (secondary N) is 1. The van der Waals surface area contributed by atoms with Gasteiger partial charge in [-0.2, -0.15) is 5.10 Å². The van der Waals surface area contributed by atoms with Gasteiger partial charge in [0.1, 0.15) is 5.75 Å². The summed E-state index contributed by atoms with van der Waals surface area (Å²) in [7, 11) is 0. The van der Waals surface area contributed by atoms with Crippen LogP contribution in [0.5, 0.6) is 5.75 Å². The summed E-state index contributed by atoms with van der Waals surface area (Å²) in [6, 6.07) is 23.0. The SMILES string of the molecule is CCOc1ccccc1/C=N/NC(=O)CSc1nnc(-c2ccc(Cl)cc2)n1-c1ccc(C)cc1. The van der Waals surface area contributed by atoms with Crippen LogP contribution in [0.4, 0.5) is 0 Å². The molecule has 0 bridgehead atoms. The molecule has 0 radical (unpaired) electrons. The third-order valence-electron chi connectivity index (χ3n) is 4.97. The molecule has 1 heterocycles. The lowest BCUT2D eigenvalue weighted by Gasteiger charge is -2.11. The van der Waals surface area contributed by atoms with Gasteiger partial charge in [0.15, 0.2) is 11.0 Å². The number of halogens is 1. The largest absolute Gasteiger partial charge is 0.493 e. The van der Waals surface area contributed by atoms with Gasteiger partial charge in [-0.25, -0.2) is 5.43 Å². The summed E-state index contributed by atoms with van der Waals surface area (Å²) in [5, 5.41) is 14.1. The molecule has 0 aliphatic rings. The van der Waals surface area contributed by atoms with Gasteiger partial charge >= 0.3 is 0 Å². The van der Waals surface area contributed by atoms with Gasteiger partial charge in [0, 0.05) is 21.8 Å². The van der Waals surface area contributed by atoms with E-state index in [1.54, 1.807) is 6.21 Å². The van der Waals surface area contributed by atoms with Gasteiger partial charge in [0.05, 0.1) is 18.6 Å². The lowest BCUT2D eigenvalue weighted by atomic mass is 10.2. The number of carbonyl (C=O) groups is 1. The Balaban J connectivity index is 1.49. The van der Waals surface area contributed by atoms with Crippen molar-refractivity contribution in [2.24, 2.45) is 5.10 Å². The molecule has 3 aromatic carbocycles. The summed E-state index contributed by atoms with van der Waals surface area (Å²) in [6.45, 7) is 4.50. The van der Waals surface area contributed by atoms with Crippen LogP contribution in [-0.2, 0) is 4.79 Å². The molecule has 4 rings (SSSR count). The number of hydrazone groups is 1. The maximum absolute atomic E-state index is 12.5. The Morgan fingerprint density at radius 2 is 1.83 bits per heavy atom. The lowest BCUT2D eigenvalue weighted by Crippen LogP contribution is -2.20. The van der Waals surface area contributed by atoms with Gasteiger partial charge in [-0.1, -0.05) is 53.2 Å². The fourth-order valence-electron chi connectivity index (χ4n) is 3.29. The van der Waals surface area contributed by atoms with Gasteiger partial charge in [-0.3, -0.25) is 9.36 Å². The van der Waals surface area contributed by atoms with Crippen molar-refractivity contribution < 1.29 is 9.53 Å². The van der Waals surface area contributed by atoms with Crippen LogP contribution in [0.25, 0.3) is 17.1 Å². The van der Waals surface area contributed by atoms with Gasteiger partial charge in [0.2, 0.25) is 0 Å². The van der Waals surface area contributed by atoms with Crippen LogP contribution in [0.15, 0.2) is 83.1 Å². The number of amides is 1. The maximum atomic E-state index is 12.5. The first-order valence-corrected chi connectivity index (χ1v) is 12.4. The van der Waals surface area contributed by atoms with Crippen molar-refractivity contribution in [1.29, 1.82) is 0 Å². The third-order valence-corrected chi connectivity index (χ3v) is 6.15. The van der Waals surface area contributed by atoms with Crippen LogP contribution in [0.1, 0.15) is 18.1 Å². The fraction of sp³-hybridized carbons (Fsp3) is 0.154. The first-order chi connectivity index (χ1) is 17.0. The number of nitrogens with zero attached hydrogens (tertiary/aromatic N) is 4. The zero-order valence-corrected chi connectivity index (χ0v) is 20.9. The first kappa shape index (κ1) is 24.5. The molecule has 178 valence electrons. The predicted molar refractivity (Wildman–Crippen MR) is 141 cm³/mol. The van der Waals surface area contributed by atoms with E-state index in [1.165, 1.54) is 11.8 Å². The zero-order chi connectivity index (χ0) is 24.6. The van der Waals surface area contributed by atoms with E-state index in [4.69, 9.17) is 16.3 Å². The lowest BCUT2D eigenvalue weighted by molar-refractivity contribution is -0.118. The number of hydrogen-bond donors (Lipinski definition) is 1. The van der Waals surface area contributed by atoms with Crippen molar-refractivity contribution in [1.82, 2.24) is 20.2 Å². The molecule has 0 saturated carbocycles. The number of aryl methyl sites for hydroxylation is 1. The van der Waals surface area contributed by atoms with Gasteiger partial charge in [0.25, 0.3) is 5.91 Å². The van der Waals surface area contributed by atoms with Crippen molar-refractivity contribution in [2.75, 3.05) is 12.4 Å². The number of hydrogen-bond acceptors (Lipinski definition) is 6. The third kappa shape index (κ3) is 6.29. The van der Waals surface area contributed by atoms with Crippen molar-refractivity contribution >= 4 is 35.5 Å². The molecule has 0 fully saturated rings. The maximum Gasteiger partial charge on any atom is 0.250 e. The van der Waals surface area contributed by atoms with Gasteiger partial charge in [-0.05, 0) is 62.4 Å². The molecule has 7 nitrogen and oxygen atoms in total. The highest BCUT2D eigenvalue weighted by molar-refractivity contribution is 7.99. The molecular formula is C26H24ClN5O2S. The van der Waals surface area contributed by atoms with Crippen molar-refractivity contribution in [3.05, 3.63) is 88.9 Å². The van der Waals surface area contributed by atoms with E-state index >= 15 is 0 Å². The number of thioether (sulfide) groups is 1. The minimum Gasteiger partial charge on any atom is -0.493 e. The Labute approximate surface area is 213 Å².